The molecule has 0 fully saturated rings. The molecule has 1 aromatic carbocycles. The summed E-state index contributed by atoms with van der Waals surface area (Å²) in [6.45, 7) is 0.427. The van der Waals surface area contributed by atoms with E-state index in [0.29, 0.717) is 23.1 Å². The summed E-state index contributed by atoms with van der Waals surface area (Å²) in [6, 6.07) is 3.54. The number of hydrogen-bond acceptors (Lipinski definition) is 5. The molecule has 2 rings (SSSR count). The summed E-state index contributed by atoms with van der Waals surface area (Å²) in [4.78, 5) is 4.42. The van der Waals surface area contributed by atoms with Gasteiger partial charge in [-0.3, -0.25) is 0 Å². The number of rotatable bonds is 4. The summed E-state index contributed by atoms with van der Waals surface area (Å²) >= 11 is 7.63. The van der Waals surface area contributed by atoms with Crippen molar-refractivity contribution in [3.8, 4) is 22.8 Å². The van der Waals surface area contributed by atoms with Crippen LogP contribution in [0.5, 0.6) is 11.5 Å². The Morgan fingerprint density at radius 2 is 2.00 bits per heavy atom. The number of benzene rings is 1. The Hall–Kier alpha value is -1.30. The monoisotopic (exact) mass is 284 g/mol. The minimum atomic E-state index is 0.427. The summed E-state index contributed by atoms with van der Waals surface area (Å²) in [7, 11) is 3.16. The molecule has 18 heavy (non-hydrogen) atoms. The van der Waals surface area contributed by atoms with Crippen molar-refractivity contribution < 1.29 is 9.47 Å². The Kier molecular flexibility index (Phi) is 4.06. The second-order valence-corrected chi connectivity index (χ2v) is 4.87. The van der Waals surface area contributed by atoms with Crippen LogP contribution in [-0.4, -0.2) is 19.2 Å². The maximum atomic E-state index is 6.12. The number of nitrogens with two attached hydrogens (primary N) is 1. The molecule has 96 valence electrons. The smallest absolute Gasteiger partial charge is 0.141 e. The van der Waals surface area contributed by atoms with Crippen LogP contribution < -0.4 is 15.2 Å². The topological polar surface area (TPSA) is 57.4 Å². The largest absolute Gasteiger partial charge is 0.496 e. The van der Waals surface area contributed by atoms with Gasteiger partial charge in [0.2, 0.25) is 0 Å². The first-order chi connectivity index (χ1) is 8.69. The van der Waals surface area contributed by atoms with Gasteiger partial charge in [-0.25, -0.2) is 4.98 Å². The van der Waals surface area contributed by atoms with Crippen LogP contribution in [-0.2, 0) is 6.54 Å². The van der Waals surface area contributed by atoms with E-state index in [9.17, 15) is 0 Å². The van der Waals surface area contributed by atoms with Crippen molar-refractivity contribution in [2.45, 2.75) is 6.54 Å². The van der Waals surface area contributed by atoms with Crippen molar-refractivity contribution in [3.63, 3.8) is 0 Å². The van der Waals surface area contributed by atoms with Gasteiger partial charge in [-0.1, -0.05) is 11.6 Å². The lowest BCUT2D eigenvalue weighted by Crippen LogP contribution is -1.95. The number of nitrogens with zero attached hydrogens (tertiary/aromatic N) is 1. The van der Waals surface area contributed by atoms with Crippen molar-refractivity contribution in [1.82, 2.24) is 4.98 Å². The van der Waals surface area contributed by atoms with Crippen LogP contribution in [0.25, 0.3) is 11.3 Å². The predicted octanol–water partition coefficient (Wildman–Crippen LogP) is 2.94. The molecule has 0 atom stereocenters. The quantitative estimate of drug-likeness (QED) is 0.938. The molecule has 0 amide bonds. The second kappa shape index (κ2) is 5.56. The van der Waals surface area contributed by atoms with Crippen LogP contribution in [0.4, 0.5) is 0 Å². The number of halogens is 1. The third kappa shape index (κ3) is 2.43. The van der Waals surface area contributed by atoms with Crippen LogP contribution in [0.1, 0.15) is 5.01 Å². The Labute approximate surface area is 114 Å². The highest BCUT2D eigenvalue weighted by Crippen LogP contribution is 2.38. The lowest BCUT2D eigenvalue weighted by Gasteiger charge is -2.10. The summed E-state index contributed by atoms with van der Waals surface area (Å²) in [5.74, 6) is 1.25. The van der Waals surface area contributed by atoms with E-state index in [1.54, 1.807) is 26.4 Å². The zero-order valence-corrected chi connectivity index (χ0v) is 11.6. The molecule has 6 heteroatoms. The molecule has 0 bridgehead atoms. The number of ether oxygens (including phenoxy) is 2. The van der Waals surface area contributed by atoms with Crippen molar-refractivity contribution in [1.29, 1.82) is 0 Å². The highest BCUT2D eigenvalue weighted by atomic mass is 35.5. The van der Waals surface area contributed by atoms with Crippen LogP contribution >= 0.6 is 22.9 Å². The predicted molar refractivity (Wildman–Crippen MR) is 73.6 cm³/mol. The average molecular weight is 285 g/mol. The van der Waals surface area contributed by atoms with E-state index in [2.05, 4.69) is 4.98 Å². The first-order valence-electron chi connectivity index (χ1n) is 5.26. The molecular formula is C12H13ClN2O2S. The molecule has 0 aliphatic rings. The fourth-order valence-corrected chi connectivity index (χ4v) is 2.50. The molecule has 0 radical (unpaired) electrons. The Morgan fingerprint density at radius 1 is 1.28 bits per heavy atom. The molecule has 0 aliphatic heterocycles. The highest BCUT2D eigenvalue weighted by molar-refractivity contribution is 7.09. The lowest BCUT2D eigenvalue weighted by atomic mass is 10.1. The van der Waals surface area contributed by atoms with E-state index in [1.807, 2.05) is 5.38 Å². The average Bonchev–Trinajstić information content (AvgIpc) is 2.87. The van der Waals surface area contributed by atoms with E-state index in [4.69, 9.17) is 26.8 Å². The van der Waals surface area contributed by atoms with Crippen molar-refractivity contribution in [2.24, 2.45) is 5.73 Å². The van der Waals surface area contributed by atoms with Crippen LogP contribution in [0.3, 0.4) is 0 Å². The fourth-order valence-electron chi connectivity index (χ4n) is 1.59. The Bertz CT molecular complexity index is 557. The number of methoxy groups -OCH3 is 2. The molecule has 1 heterocycles. The van der Waals surface area contributed by atoms with Gasteiger partial charge in [-0.05, 0) is 6.07 Å². The molecule has 0 saturated carbocycles. The van der Waals surface area contributed by atoms with Gasteiger partial charge in [0.05, 0.1) is 24.9 Å². The van der Waals surface area contributed by atoms with E-state index in [1.165, 1.54) is 11.3 Å². The zero-order chi connectivity index (χ0) is 13.1. The normalized spacial score (nSPS) is 10.4. The molecular weight excluding hydrogens is 272 g/mol. The SMILES string of the molecule is COc1cc(OC)c(-c2csc(CN)n2)cc1Cl. The summed E-state index contributed by atoms with van der Waals surface area (Å²) in [5.41, 5.74) is 7.20. The van der Waals surface area contributed by atoms with Gasteiger partial charge in [0.1, 0.15) is 16.5 Å². The van der Waals surface area contributed by atoms with E-state index < -0.39 is 0 Å². The maximum absolute atomic E-state index is 6.12. The van der Waals surface area contributed by atoms with Gasteiger partial charge >= 0.3 is 0 Å². The lowest BCUT2D eigenvalue weighted by molar-refractivity contribution is 0.395. The minimum Gasteiger partial charge on any atom is -0.496 e. The first-order valence-corrected chi connectivity index (χ1v) is 6.51. The molecule has 1 aromatic heterocycles. The zero-order valence-electron chi connectivity index (χ0n) is 10.1. The molecule has 0 aliphatic carbocycles. The standard InChI is InChI=1S/C12H13ClN2O2S/c1-16-10-4-11(17-2)8(13)3-7(10)9-6-18-12(5-14)15-9/h3-4,6H,5,14H2,1-2H3. The van der Waals surface area contributed by atoms with Gasteiger partial charge in [0.15, 0.2) is 0 Å². The summed E-state index contributed by atoms with van der Waals surface area (Å²) in [6.07, 6.45) is 0. The van der Waals surface area contributed by atoms with Gasteiger partial charge in [-0.2, -0.15) is 0 Å². The first kappa shape index (κ1) is 13.1. The van der Waals surface area contributed by atoms with E-state index in [0.717, 1.165) is 16.3 Å². The number of aromatic nitrogens is 1. The molecule has 0 unspecified atom stereocenters. The second-order valence-electron chi connectivity index (χ2n) is 3.52. The third-order valence-corrected chi connectivity index (χ3v) is 3.64. The third-order valence-electron chi connectivity index (χ3n) is 2.48. The molecule has 2 aromatic rings. The van der Waals surface area contributed by atoms with Gasteiger partial charge < -0.3 is 15.2 Å². The summed E-state index contributed by atoms with van der Waals surface area (Å²) in [5, 5.41) is 3.33. The molecule has 0 saturated heterocycles. The summed E-state index contributed by atoms with van der Waals surface area (Å²) < 4.78 is 10.5. The van der Waals surface area contributed by atoms with Crippen LogP contribution in [0.2, 0.25) is 5.02 Å². The van der Waals surface area contributed by atoms with Crippen molar-refractivity contribution >= 4 is 22.9 Å². The highest BCUT2D eigenvalue weighted by Gasteiger charge is 2.14. The van der Waals surface area contributed by atoms with Crippen molar-refractivity contribution in [2.75, 3.05) is 14.2 Å². The van der Waals surface area contributed by atoms with Crippen LogP contribution in [0.15, 0.2) is 17.5 Å². The molecule has 2 N–H and O–H groups in total. The van der Waals surface area contributed by atoms with E-state index in [-0.39, 0.29) is 0 Å². The van der Waals surface area contributed by atoms with E-state index >= 15 is 0 Å². The molecule has 4 nitrogen and oxygen atoms in total. The van der Waals surface area contributed by atoms with Crippen LogP contribution in [0, 0.1) is 0 Å². The maximum Gasteiger partial charge on any atom is 0.141 e. The fraction of sp³-hybridized carbons (Fsp3) is 0.250. The Morgan fingerprint density at radius 3 is 2.56 bits per heavy atom. The number of hydrogen-bond donors (Lipinski definition) is 1. The number of thiazole rings is 1. The molecule has 0 spiro atoms. The van der Waals surface area contributed by atoms with Crippen molar-refractivity contribution in [3.05, 3.63) is 27.5 Å². The minimum absolute atomic E-state index is 0.427. The Balaban J connectivity index is 2.52. The van der Waals surface area contributed by atoms with Gasteiger partial charge in [0, 0.05) is 23.6 Å². The van der Waals surface area contributed by atoms with Gasteiger partial charge in [0.25, 0.3) is 0 Å². The van der Waals surface area contributed by atoms with Gasteiger partial charge in [-0.15, -0.1) is 11.3 Å².